The molecule has 2 rings (SSSR count). The van der Waals surface area contributed by atoms with Gasteiger partial charge in [-0.3, -0.25) is 0 Å². The summed E-state index contributed by atoms with van der Waals surface area (Å²) < 4.78 is 1.99. The first-order valence-corrected chi connectivity index (χ1v) is 6.95. The van der Waals surface area contributed by atoms with Crippen LogP contribution >= 0.6 is 23.1 Å². The molecule has 0 unspecified atom stereocenters. The highest BCUT2D eigenvalue weighted by Gasteiger charge is 2.09. The Bertz CT molecular complexity index is 425. The quantitative estimate of drug-likeness (QED) is 0.834. The van der Waals surface area contributed by atoms with Crippen molar-refractivity contribution in [2.75, 3.05) is 5.75 Å². The maximum absolute atomic E-state index is 9.88. The van der Waals surface area contributed by atoms with E-state index in [4.69, 9.17) is 0 Å². The summed E-state index contributed by atoms with van der Waals surface area (Å²) in [4.78, 5) is 5.26. The lowest BCUT2D eigenvalue weighted by Gasteiger charge is -2.07. The number of aliphatic hydroxyl groups excluding tert-OH is 1. The summed E-state index contributed by atoms with van der Waals surface area (Å²) in [5, 5.41) is 12.9. The van der Waals surface area contributed by atoms with Crippen LogP contribution in [0.15, 0.2) is 35.1 Å². The first kappa shape index (κ1) is 11.7. The van der Waals surface area contributed by atoms with Crippen molar-refractivity contribution < 1.29 is 5.11 Å². The Morgan fingerprint density at radius 1 is 1.62 bits per heavy atom. The molecule has 1 atom stereocenters. The first-order valence-electron chi connectivity index (χ1n) is 5.09. The number of aromatic nitrogens is 2. The molecule has 0 spiro atoms. The van der Waals surface area contributed by atoms with Gasteiger partial charge in [-0.15, -0.1) is 11.3 Å². The normalized spacial score (nSPS) is 12.9. The number of imidazole rings is 1. The van der Waals surface area contributed by atoms with Crippen LogP contribution in [0.2, 0.25) is 0 Å². The zero-order valence-corrected chi connectivity index (χ0v) is 10.7. The second-order valence-corrected chi connectivity index (χ2v) is 5.53. The van der Waals surface area contributed by atoms with Gasteiger partial charge >= 0.3 is 0 Å². The zero-order valence-electron chi connectivity index (χ0n) is 9.04. The molecule has 0 aliphatic heterocycles. The molecule has 2 aromatic heterocycles. The number of rotatable bonds is 5. The third-order valence-corrected chi connectivity index (χ3v) is 4.34. The molecular formula is C11H14N2OS2. The molecule has 0 fully saturated rings. The van der Waals surface area contributed by atoms with E-state index in [0.29, 0.717) is 0 Å². The van der Waals surface area contributed by atoms with Gasteiger partial charge in [0.1, 0.15) is 0 Å². The van der Waals surface area contributed by atoms with Gasteiger partial charge in [0, 0.05) is 30.1 Å². The molecule has 16 heavy (non-hydrogen) atoms. The third kappa shape index (κ3) is 2.87. The molecule has 2 heterocycles. The molecule has 0 aliphatic carbocycles. The molecule has 2 aromatic rings. The van der Waals surface area contributed by atoms with Crippen LogP contribution in [0.5, 0.6) is 0 Å². The molecule has 0 amide bonds. The minimum atomic E-state index is -0.340. The Labute approximate surface area is 103 Å². The Morgan fingerprint density at radius 2 is 2.50 bits per heavy atom. The van der Waals surface area contributed by atoms with Crippen molar-refractivity contribution in [1.82, 2.24) is 9.55 Å². The van der Waals surface area contributed by atoms with E-state index in [1.807, 2.05) is 35.3 Å². The van der Waals surface area contributed by atoms with Gasteiger partial charge in [0.2, 0.25) is 0 Å². The zero-order chi connectivity index (χ0) is 11.4. The number of aliphatic hydroxyl groups is 1. The summed E-state index contributed by atoms with van der Waals surface area (Å²) in [6, 6.07) is 3.94. The van der Waals surface area contributed by atoms with Crippen LogP contribution in [-0.2, 0) is 7.05 Å². The van der Waals surface area contributed by atoms with Crippen molar-refractivity contribution in [3.05, 3.63) is 34.8 Å². The fourth-order valence-electron chi connectivity index (χ4n) is 1.38. The minimum absolute atomic E-state index is 0.340. The van der Waals surface area contributed by atoms with Crippen LogP contribution in [0.4, 0.5) is 0 Å². The predicted octanol–water partition coefficient (Wildman–Crippen LogP) is 2.70. The summed E-state index contributed by atoms with van der Waals surface area (Å²) in [7, 11) is 1.98. The lowest BCUT2D eigenvalue weighted by Crippen LogP contribution is -1.97. The molecule has 0 aliphatic rings. The van der Waals surface area contributed by atoms with Gasteiger partial charge in [0.05, 0.1) is 6.10 Å². The molecule has 3 nitrogen and oxygen atoms in total. The lowest BCUT2D eigenvalue weighted by molar-refractivity contribution is 0.179. The summed E-state index contributed by atoms with van der Waals surface area (Å²) in [5.41, 5.74) is 0. The van der Waals surface area contributed by atoms with Crippen LogP contribution in [0.3, 0.4) is 0 Å². The number of nitrogens with zero attached hydrogens (tertiary/aromatic N) is 2. The summed E-state index contributed by atoms with van der Waals surface area (Å²) in [6.45, 7) is 0. The van der Waals surface area contributed by atoms with Crippen LogP contribution in [-0.4, -0.2) is 20.4 Å². The molecule has 0 bridgehead atoms. The van der Waals surface area contributed by atoms with E-state index in [1.54, 1.807) is 29.3 Å². The lowest BCUT2D eigenvalue weighted by atomic mass is 10.2. The summed E-state index contributed by atoms with van der Waals surface area (Å²) in [6.07, 6.45) is 4.14. The van der Waals surface area contributed by atoms with Crippen molar-refractivity contribution in [2.45, 2.75) is 17.7 Å². The topological polar surface area (TPSA) is 38.0 Å². The Kier molecular flexibility index (Phi) is 4.04. The molecule has 5 heteroatoms. The molecule has 0 saturated heterocycles. The SMILES string of the molecule is Cn1ccnc1SCC[C@H](O)c1cccs1. The monoisotopic (exact) mass is 254 g/mol. The third-order valence-electron chi connectivity index (χ3n) is 2.27. The van der Waals surface area contributed by atoms with Gasteiger partial charge in [0.15, 0.2) is 5.16 Å². The average molecular weight is 254 g/mol. The van der Waals surface area contributed by atoms with Gasteiger partial charge in [0.25, 0.3) is 0 Å². The van der Waals surface area contributed by atoms with E-state index < -0.39 is 0 Å². The molecular weight excluding hydrogens is 240 g/mol. The fraction of sp³-hybridized carbons (Fsp3) is 0.364. The van der Waals surface area contributed by atoms with Gasteiger partial charge in [-0.05, 0) is 17.9 Å². The number of thioether (sulfide) groups is 1. The highest BCUT2D eigenvalue weighted by molar-refractivity contribution is 7.99. The van der Waals surface area contributed by atoms with Crippen molar-refractivity contribution in [3.63, 3.8) is 0 Å². The van der Waals surface area contributed by atoms with Crippen molar-refractivity contribution in [2.24, 2.45) is 7.05 Å². The maximum Gasteiger partial charge on any atom is 0.167 e. The first-order chi connectivity index (χ1) is 7.77. The highest BCUT2D eigenvalue weighted by atomic mass is 32.2. The summed E-state index contributed by atoms with van der Waals surface area (Å²) >= 11 is 3.28. The Morgan fingerprint density at radius 3 is 3.12 bits per heavy atom. The standard InChI is InChI=1S/C11H14N2OS2/c1-13-6-5-12-11(13)16-8-4-9(14)10-3-2-7-15-10/h2-3,5-7,9,14H,4,8H2,1H3/t9-/m0/s1. The second kappa shape index (κ2) is 5.52. The fourth-order valence-corrected chi connectivity index (χ4v) is 3.05. The molecule has 86 valence electrons. The van der Waals surface area contributed by atoms with Crippen molar-refractivity contribution >= 4 is 23.1 Å². The Balaban J connectivity index is 1.78. The van der Waals surface area contributed by atoms with Crippen molar-refractivity contribution in [3.8, 4) is 0 Å². The highest BCUT2D eigenvalue weighted by Crippen LogP contribution is 2.25. The average Bonchev–Trinajstić information content (AvgIpc) is 2.90. The van der Waals surface area contributed by atoms with Gasteiger partial charge in [-0.25, -0.2) is 4.98 Å². The van der Waals surface area contributed by atoms with E-state index in [0.717, 1.165) is 22.2 Å². The predicted molar refractivity (Wildman–Crippen MR) is 67.8 cm³/mol. The van der Waals surface area contributed by atoms with E-state index in [1.165, 1.54) is 0 Å². The van der Waals surface area contributed by atoms with Crippen molar-refractivity contribution in [1.29, 1.82) is 0 Å². The van der Waals surface area contributed by atoms with E-state index in [2.05, 4.69) is 4.98 Å². The second-order valence-electron chi connectivity index (χ2n) is 3.49. The number of hydrogen-bond donors (Lipinski definition) is 1. The molecule has 0 aromatic carbocycles. The molecule has 0 radical (unpaired) electrons. The van der Waals surface area contributed by atoms with Gasteiger partial charge < -0.3 is 9.67 Å². The number of aryl methyl sites for hydroxylation is 1. The van der Waals surface area contributed by atoms with Crippen LogP contribution in [0.25, 0.3) is 0 Å². The van der Waals surface area contributed by atoms with Gasteiger partial charge in [-0.2, -0.15) is 0 Å². The summed E-state index contributed by atoms with van der Waals surface area (Å²) in [5.74, 6) is 0.879. The number of thiophene rings is 1. The Hall–Kier alpha value is -0.780. The van der Waals surface area contributed by atoms with Gasteiger partial charge in [-0.1, -0.05) is 17.8 Å². The number of hydrogen-bond acceptors (Lipinski definition) is 4. The largest absolute Gasteiger partial charge is 0.388 e. The minimum Gasteiger partial charge on any atom is -0.388 e. The maximum atomic E-state index is 9.88. The van der Waals surface area contributed by atoms with E-state index >= 15 is 0 Å². The molecule has 1 N–H and O–H groups in total. The van der Waals surface area contributed by atoms with Crippen LogP contribution in [0.1, 0.15) is 17.4 Å². The van der Waals surface area contributed by atoms with E-state index in [9.17, 15) is 5.11 Å². The molecule has 0 saturated carbocycles. The van der Waals surface area contributed by atoms with E-state index in [-0.39, 0.29) is 6.10 Å². The van der Waals surface area contributed by atoms with Crippen LogP contribution in [0, 0.1) is 0 Å². The van der Waals surface area contributed by atoms with Crippen LogP contribution < -0.4 is 0 Å². The smallest absolute Gasteiger partial charge is 0.167 e.